The Labute approximate surface area is 165 Å². The van der Waals surface area contributed by atoms with E-state index in [1.165, 1.54) is 0 Å². The van der Waals surface area contributed by atoms with Gasteiger partial charge in [-0.3, -0.25) is 9.78 Å². The number of rotatable bonds is 5. The van der Waals surface area contributed by atoms with Crippen LogP contribution in [0, 0.1) is 0 Å². The Bertz CT molecular complexity index is 959. The monoisotopic (exact) mass is 377 g/mol. The van der Waals surface area contributed by atoms with Crippen molar-refractivity contribution in [2.75, 3.05) is 33.7 Å². The maximum Gasteiger partial charge on any atom is 0.254 e. The number of likely N-dealkylation sites (tertiary alicyclic amines) is 1. The van der Waals surface area contributed by atoms with Gasteiger partial charge in [0.25, 0.3) is 5.91 Å². The van der Waals surface area contributed by atoms with Gasteiger partial charge in [-0.15, -0.1) is 0 Å². The number of pyridine rings is 1. The summed E-state index contributed by atoms with van der Waals surface area (Å²) < 4.78 is 2.24. The number of piperidine rings is 1. The van der Waals surface area contributed by atoms with Gasteiger partial charge in [0.05, 0.1) is 11.1 Å². The van der Waals surface area contributed by atoms with Gasteiger partial charge in [0.1, 0.15) is 5.82 Å². The minimum absolute atomic E-state index is 0.0923. The summed E-state index contributed by atoms with van der Waals surface area (Å²) in [7, 11) is 4.16. The average Bonchev–Trinajstić information content (AvgIpc) is 3.20. The summed E-state index contributed by atoms with van der Waals surface area (Å²) in [5.41, 5.74) is 1.60. The van der Waals surface area contributed by atoms with E-state index in [4.69, 9.17) is 0 Å². The van der Waals surface area contributed by atoms with E-state index in [1.54, 1.807) is 6.20 Å². The van der Waals surface area contributed by atoms with Gasteiger partial charge in [-0.2, -0.15) is 0 Å². The van der Waals surface area contributed by atoms with Crippen LogP contribution in [-0.2, 0) is 6.54 Å². The number of amides is 1. The molecular formula is C22H27N5O. The predicted octanol–water partition coefficient (Wildman–Crippen LogP) is 3.01. The molecule has 0 radical (unpaired) electrons. The highest BCUT2D eigenvalue weighted by atomic mass is 16.2. The lowest BCUT2D eigenvalue weighted by molar-refractivity contribution is 0.0705. The van der Waals surface area contributed by atoms with Gasteiger partial charge in [0, 0.05) is 56.1 Å². The quantitative estimate of drug-likeness (QED) is 0.686. The van der Waals surface area contributed by atoms with Gasteiger partial charge in [0.15, 0.2) is 0 Å². The number of hydrogen-bond donors (Lipinski definition) is 0. The third kappa shape index (κ3) is 3.78. The fourth-order valence-corrected chi connectivity index (χ4v) is 4.00. The molecule has 2 aromatic heterocycles. The Morgan fingerprint density at radius 2 is 2.04 bits per heavy atom. The van der Waals surface area contributed by atoms with Crippen LogP contribution in [0.2, 0.25) is 0 Å². The summed E-state index contributed by atoms with van der Waals surface area (Å²) in [5.74, 6) is 1.47. The molecule has 1 amide bonds. The first kappa shape index (κ1) is 18.6. The Balaban J connectivity index is 1.54. The maximum atomic E-state index is 13.3. The van der Waals surface area contributed by atoms with Crippen LogP contribution in [0.15, 0.2) is 48.9 Å². The molecule has 0 bridgehead atoms. The van der Waals surface area contributed by atoms with Crippen LogP contribution < -0.4 is 0 Å². The van der Waals surface area contributed by atoms with E-state index < -0.39 is 0 Å². The van der Waals surface area contributed by atoms with E-state index in [0.29, 0.717) is 6.54 Å². The van der Waals surface area contributed by atoms with E-state index in [-0.39, 0.29) is 11.8 Å². The van der Waals surface area contributed by atoms with Crippen LogP contribution in [0.3, 0.4) is 0 Å². The van der Waals surface area contributed by atoms with Crippen molar-refractivity contribution in [2.45, 2.75) is 25.3 Å². The maximum absolute atomic E-state index is 13.3. The summed E-state index contributed by atoms with van der Waals surface area (Å²) in [6, 6.07) is 9.68. The molecule has 4 rings (SSSR count). The fourth-order valence-electron chi connectivity index (χ4n) is 4.00. The second kappa shape index (κ2) is 8.10. The Hall–Kier alpha value is -2.73. The Kier molecular flexibility index (Phi) is 5.39. The third-order valence-corrected chi connectivity index (χ3v) is 5.49. The minimum Gasteiger partial charge on any atom is -0.338 e. The second-order valence-electron chi connectivity index (χ2n) is 7.75. The first-order valence-electron chi connectivity index (χ1n) is 9.92. The molecule has 0 spiro atoms. The van der Waals surface area contributed by atoms with Crippen molar-refractivity contribution in [3.8, 4) is 0 Å². The summed E-state index contributed by atoms with van der Waals surface area (Å²) in [6.45, 7) is 3.41. The molecule has 1 atom stereocenters. The smallest absolute Gasteiger partial charge is 0.254 e. The highest BCUT2D eigenvalue weighted by molar-refractivity contribution is 6.06. The first-order valence-corrected chi connectivity index (χ1v) is 9.92. The topological polar surface area (TPSA) is 54.3 Å². The summed E-state index contributed by atoms with van der Waals surface area (Å²) in [5, 5.41) is 0.921. The molecule has 1 aliphatic heterocycles. The first-order chi connectivity index (χ1) is 13.6. The van der Waals surface area contributed by atoms with Crippen molar-refractivity contribution in [3.05, 3.63) is 60.3 Å². The summed E-state index contributed by atoms with van der Waals surface area (Å²) in [4.78, 5) is 26.5. The number of carbonyl (C=O) groups excluding carboxylic acids is 1. The highest BCUT2D eigenvalue weighted by Gasteiger charge is 2.28. The van der Waals surface area contributed by atoms with Crippen LogP contribution in [0.4, 0.5) is 0 Å². The van der Waals surface area contributed by atoms with E-state index >= 15 is 0 Å². The van der Waals surface area contributed by atoms with E-state index in [9.17, 15) is 4.79 Å². The van der Waals surface area contributed by atoms with Crippen molar-refractivity contribution in [2.24, 2.45) is 0 Å². The number of benzene rings is 1. The van der Waals surface area contributed by atoms with Crippen molar-refractivity contribution < 1.29 is 4.79 Å². The van der Waals surface area contributed by atoms with Crippen molar-refractivity contribution in [1.29, 1.82) is 0 Å². The number of aromatic nitrogens is 3. The van der Waals surface area contributed by atoms with Crippen molar-refractivity contribution in [1.82, 2.24) is 24.3 Å². The molecule has 28 heavy (non-hydrogen) atoms. The molecule has 6 heteroatoms. The Morgan fingerprint density at radius 3 is 2.89 bits per heavy atom. The second-order valence-corrected chi connectivity index (χ2v) is 7.75. The number of nitrogens with zero attached hydrogens (tertiary/aromatic N) is 5. The molecule has 0 unspecified atom stereocenters. The van der Waals surface area contributed by atoms with Gasteiger partial charge in [-0.1, -0.05) is 18.2 Å². The SMILES string of the molecule is CN(C)CCn1ccnc1[C@@H]1CCCN(C(=O)c2ccnc3ccccc23)C1. The fraction of sp³-hybridized carbons (Fsp3) is 0.409. The van der Waals surface area contributed by atoms with Crippen molar-refractivity contribution >= 4 is 16.8 Å². The van der Waals surface area contributed by atoms with Crippen LogP contribution in [0.1, 0.15) is 34.9 Å². The molecule has 0 N–H and O–H groups in total. The van der Waals surface area contributed by atoms with Crippen molar-refractivity contribution in [3.63, 3.8) is 0 Å². The van der Waals surface area contributed by atoms with Crippen LogP contribution in [0.25, 0.3) is 10.9 Å². The number of hydrogen-bond acceptors (Lipinski definition) is 4. The van der Waals surface area contributed by atoms with Gasteiger partial charge in [0.2, 0.25) is 0 Å². The molecule has 1 saturated heterocycles. The lowest BCUT2D eigenvalue weighted by atomic mass is 9.96. The van der Waals surface area contributed by atoms with Gasteiger partial charge < -0.3 is 14.4 Å². The minimum atomic E-state index is 0.0923. The molecule has 3 aromatic rings. The molecule has 0 saturated carbocycles. The Morgan fingerprint density at radius 1 is 1.18 bits per heavy atom. The number of likely N-dealkylation sites (N-methyl/N-ethyl adjacent to an activating group) is 1. The number of fused-ring (bicyclic) bond motifs is 1. The largest absolute Gasteiger partial charge is 0.338 e. The third-order valence-electron chi connectivity index (χ3n) is 5.49. The van der Waals surface area contributed by atoms with Crippen LogP contribution >= 0.6 is 0 Å². The zero-order valence-corrected chi connectivity index (χ0v) is 16.6. The van der Waals surface area contributed by atoms with E-state index in [0.717, 1.165) is 54.8 Å². The zero-order valence-electron chi connectivity index (χ0n) is 16.6. The molecule has 6 nitrogen and oxygen atoms in total. The molecule has 1 aliphatic rings. The van der Waals surface area contributed by atoms with E-state index in [2.05, 4.69) is 39.7 Å². The zero-order chi connectivity index (χ0) is 19.5. The lowest BCUT2D eigenvalue weighted by Crippen LogP contribution is -2.40. The molecule has 1 aromatic carbocycles. The molecule has 0 aliphatic carbocycles. The van der Waals surface area contributed by atoms with Crippen LogP contribution in [-0.4, -0.2) is 64.0 Å². The average molecular weight is 377 g/mol. The molecule has 3 heterocycles. The molecular weight excluding hydrogens is 350 g/mol. The number of para-hydroxylation sites is 1. The molecule has 1 fully saturated rings. The number of imidazole rings is 1. The van der Waals surface area contributed by atoms with E-state index in [1.807, 2.05) is 41.4 Å². The lowest BCUT2D eigenvalue weighted by Gasteiger charge is -2.33. The standard InChI is InChI=1S/C22H27N5O/c1-25(2)14-15-26-13-11-24-21(26)17-6-5-12-27(16-17)22(28)19-9-10-23-20-8-4-3-7-18(19)20/h3-4,7-11,13,17H,5-6,12,14-16H2,1-2H3/t17-/m1/s1. The number of carbonyl (C=O) groups is 1. The van der Waals surface area contributed by atoms with Crippen LogP contribution in [0.5, 0.6) is 0 Å². The highest BCUT2D eigenvalue weighted by Crippen LogP contribution is 2.28. The summed E-state index contributed by atoms with van der Waals surface area (Å²) >= 11 is 0. The molecule has 146 valence electrons. The predicted molar refractivity (Wildman–Crippen MR) is 110 cm³/mol. The van der Waals surface area contributed by atoms with Gasteiger partial charge in [-0.25, -0.2) is 4.98 Å². The van der Waals surface area contributed by atoms with Gasteiger partial charge >= 0.3 is 0 Å². The summed E-state index contributed by atoms with van der Waals surface area (Å²) in [6.07, 6.45) is 7.73. The van der Waals surface area contributed by atoms with Gasteiger partial charge in [-0.05, 0) is 39.1 Å². The normalized spacial score (nSPS) is 17.4.